The van der Waals surface area contributed by atoms with Crippen LogP contribution in [-0.2, 0) is 6.42 Å². The van der Waals surface area contributed by atoms with Crippen molar-refractivity contribution in [3.63, 3.8) is 0 Å². The van der Waals surface area contributed by atoms with Gasteiger partial charge in [0.1, 0.15) is 0 Å². The lowest BCUT2D eigenvalue weighted by atomic mass is 9.99. The molecule has 0 atom stereocenters. The van der Waals surface area contributed by atoms with Crippen LogP contribution in [0.1, 0.15) is 12.1 Å². The van der Waals surface area contributed by atoms with E-state index < -0.39 is 0 Å². The van der Waals surface area contributed by atoms with Gasteiger partial charge >= 0.3 is 0 Å². The molecule has 0 bridgehead atoms. The summed E-state index contributed by atoms with van der Waals surface area (Å²) < 4.78 is 2.34. The van der Waals surface area contributed by atoms with Crippen molar-refractivity contribution < 1.29 is 0 Å². The summed E-state index contributed by atoms with van der Waals surface area (Å²) in [5.41, 5.74) is 7.83. The lowest BCUT2D eigenvalue weighted by Crippen LogP contribution is -2.14. The molecule has 0 amide bonds. The van der Waals surface area contributed by atoms with Crippen LogP contribution in [-0.4, -0.2) is 29.9 Å². The van der Waals surface area contributed by atoms with E-state index in [1.807, 2.05) is 0 Å². The van der Waals surface area contributed by atoms with Gasteiger partial charge in [-0.2, -0.15) is 0 Å². The monoisotopic (exact) mass is 354 g/mol. The molecule has 0 aliphatic rings. The zero-order valence-corrected chi connectivity index (χ0v) is 16.1. The van der Waals surface area contributed by atoms with Crippen LogP contribution in [0.3, 0.4) is 0 Å². The third-order valence-electron chi connectivity index (χ3n) is 5.11. The van der Waals surface area contributed by atoms with Crippen LogP contribution in [0.15, 0.2) is 85.1 Å². The number of fused-ring (bicyclic) bond motifs is 1. The van der Waals surface area contributed by atoms with Crippen molar-refractivity contribution in [2.45, 2.75) is 12.8 Å². The molecule has 136 valence electrons. The van der Waals surface area contributed by atoms with Gasteiger partial charge in [0.2, 0.25) is 0 Å². The Morgan fingerprint density at radius 3 is 2.15 bits per heavy atom. The standard InChI is InChI=1S/C25H26N2/c1-26(2)17-8-12-25-24(19-23-11-6-7-18-27(23)25)22-15-13-21(14-16-22)20-9-4-3-5-10-20/h3-7,9-11,13-16,18-19H,8,12,17H2,1-2H3. The molecule has 2 aromatic heterocycles. The first kappa shape index (κ1) is 17.6. The predicted molar refractivity (Wildman–Crippen MR) is 115 cm³/mol. The molecule has 0 aliphatic heterocycles. The van der Waals surface area contributed by atoms with Gasteiger partial charge in [-0.25, -0.2) is 0 Å². The predicted octanol–water partition coefficient (Wildman–Crippen LogP) is 5.77. The van der Waals surface area contributed by atoms with Gasteiger partial charge in [-0.05, 0) is 68.4 Å². The summed E-state index contributed by atoms with van der Waals surface area (Å²) in [5.74, 6) is 0. The summed E-state index contributed by atoms with van der Waals surface area (Å²) in [5, 5.41) is 0. The molecule has 0 aliphatic carbocycles. The van der Waals surface area contributed by atoms with E-state index in [4.69, 9.17) is 0 Å². The summed E-state index contributed by atoms with van der Waals surface area (Å²) in [6.45, 7) is 1.10. The summed E-state index contributed by atoms with van der Waals surface area (Å²) in [6, 6.07) is 28.3. The van der Waals surface area contributed by atoms with Crippen molar-refractivity contribution in [1.82, 2.24) is 9.30 Å². The SMILES string of the molecule is CN(C)CCCc1c(-c2ccc(-c3ccccc3)cc2)cc2ccccn12. The largest absolute Gasteiger partial charge is 0.320 e. The van der Waals surface area contributed by atoms with Crippen molar-refractivity contribution in [1.29, 1.82) is 0 Å². The molecule has 0 fully saturated rings. The maximum Gasteiger partial charge on any atom is 0.0459 e. The zero-order chi connectivity index (χ0) is 18.6. The van der Waals surface area contributed by atoms with E-state index in [2.05, 4.69) is 108 Å². The second-order valence-electron chi connectivity index (χ2n) is 7.35. The van der Waals surface area contributed by atoms with Crippen molar-refractivity contribution in [3.05, 3.63) is 90.8 Å². The van der Waals surface area contributed by atoms with Gasteiger partial charge < -0.3 is 9.30 Å². The number of hydrogen-bond acceptors (Lipinski definition) is 1. The van der Waals surface area contributed by atoms with Crippen LogP contribution in [0.4, 0.5) is 0 Å². The van der Waals surface area contributed by atoms with Gasteiger partial charge in [-0.3, -0.25) is 0 Å². The topological polar surface area (TPSA) is 7.65 Å². The van der Waals surface area contributed by atoms with E-state index in [0.29, 0.717) is 0 Å². The van der Waals surface area contributed by atoms with Gasteiger partial charge in [0.25, 0.3) is 0 Å². The fourth-order valence-corrected chi connectivity index (χ4v) is 3.72. The third-order valence-corrected chi connectivity index (χ3v) is 5.11. The van der Waals surface area contributed by atoms with Crippen LogP contribution in [0.25, 0.3) is 27.8 Å². The number of benzene rings is 2. The molecule has 4 aromatic rings. The normalized spacial score (nSPS) is 11.4. The molecule has 2 heteroatoms. The molecule has 4 rings (SSSR count). The zero-order valence-electron chi connectivity index (χ0n) is 16.1. The molecular formula is C25H26N2. The number of hydrogen-bond donors (Lipinski definition) is 0. The van der Waals surface area contributed by atoms with Gasteiger partial charge in [0.15, 0.2) is 0 Å². The molecule has 2 heterocycles. The summed E-state index contributed by atoms with van der Waals surface area (Å²) in [6.07, 6.45) is 4.41. The molecule has 0 spiro atoms. The first-order chi connectivity index (χ1) is 13.2. The van der Waals surface area contributed by atoms with Crippen LogP contribution in [0, 0.1) is 0 Å². The van der Waals surface area contributed by atoms with Crippen LogP contribution in [0.5, 0.6) is 0 Å². The van der Waals surface area contributed by atoms with Gasteiger partial charge in [-0.1, -0.05) is 60.7 Å². The maximum absolute atomic E-state index is 2.34. The number of nitrogens with zero attached hydrogens (tertiary/aromatic N) is 2. The summed E-state index contributed by atoms with van der Waals surface area (Å²) in [7, 11) is 4.28. The summed E-state index contributed by atoms with van der Waals surface area (Å²) >= 11 is 0. The second-order valence-corrected chi connectivity index (χ2v) is 7.35. The highest BCUT2D eigenvalue weighted by Gasteiger charge is 2.12. The average molecular weight is 354 g/mol. The Morgan fingerprint density at radius 2 is 1.41 bits per heavy atom. The van der Waals surface area contributed by atoms with Crippen molar-refractivity contribution in [2.75, 3.05) is 20.6 Å². The Morgan fingerprint density at radius 1 is 0.741 bits per heavy atom. The minimum absolute atomic E-state index is 1.08. The van der Waals surface area contributed by atoms with Crippen LogP contribution < -0.4 is 0 Å². The minimum atomic E-state index is 1.08. The van der Waals surface area contributed by atoms with Crippen LogP contribution >= 0.6 is 0 Å². The smallest absolute Gasteiger partial charge is 0.0459 e. The Labute approximate surface area is 161 Å². The van der Waals surface area contributed by atoms with Crippen molar-refractivity contribution >= 4 is 5.52 Å². The average Bonchev–Trinajstić information content (AvgIpc) is 3.07. The highest BCUT2D eigenvalue weighted by molar-refractivity contribution is 5.76. The van der Waals surface area contributed by atoms with Crippen molar-refractivity contribution in [2.24, 2.45) is 0 Å². The first-order valence-corrected chi connectivity index (χ1v) is 9.62. The first-order valence-electron chi connectivity index (χ1n) is 9.62. The fourth-order valence-electron chi connectivity index (χ4n) is 3.72. The number of aryl methyl sites for hydroxylation is 1. The number of rotatable bonds is 6. The Balaban J connectivity index is 1.70. The van der Waals surface area contributed by atoms with Crippen molar-refractivity contribution in [3.8, 4) is 22.3 Å². The quantitative estimate of drug-likeness (QED) is 0.427. The Bertz CT molecular complexity index is 1010. The number of aromatic nitrogens is 1. The molecule has 0 N–H and O–H groups in total. The van der Waals surface area contributed by atoms with Gasteiger partial charge in [0, 0.05) is 23.0 Å². The van der Waals surface area contributed by atoms with E-state index in [1.165, 1.54) is 33.5 Å². The molecular weight excluding hydrogens is 328 g/mol. The maximum atomic E-state index is 2.34. The molecule has 27 heavy (non-hydrogen) atoms. The minimum Gasteiger partial charge on any atom is -0.320 e. The Hall–Kier alpha value is -2.84. The molecule has 0 radical (unpaired) electrons. The van der Waals surface area contributed by atoms with E-state index in [1.54, 1.807) is 0 Å². The molecule has 2 aromatic carbocycles. The highest BCUT2D eigenvalue weighted by Crippen LogP contribution is 2.30. The lowest BCUT2D eigenvalue weighted by Gasteiger charge is -2.11. The highest BCUT2D eigenvalue weighted by atomic mass is 15.0. The van der Waals surface area contributed by atoms with E-state index >= 15 is 0 Å². The van der Waals surface area contributed by atoms with E-state index in [-0.39, 0.29) is 0 Å². The molecule has 0 saturated carbocycles. The van der Waals surface area contributed by atoms with Gasteiger partial charge in [0.05, 0.1) is 0 Å². The lowest BCUT2D eigenvalue weighted by molar-refractivity contribution is 0.399. The van der Waals surface area contributed by atoms with Gasteiger partial charge in [-0.15, -0.1) is 0 Å². The Kier molecular flexibility index (Phi) is 5.08. The van der Waals surface area contributed by atoms with E-state index in [9.17, 15) is 0 Å². The third kappa shape index (κ3) is 3.81. The second kappa shape index (κ2) is 7.81. The molecule has 0 unspecified atom stereocenters. The van der Waals surface area contributed by atoms with Crippen LogP contribution in [0.2, 0.25) is 0 Å². The molecule has 0 saturated heterocycles. The molecule has 2 nitrogen and oxygen atoms in total. The van der Waals surface area contributed by atoms with E-state index in [0.717, 1.165) is 19.4 Å². The number of pyridine rings is 1. The summed E-state index contributed by atoms with van der Waals surface area (Å²) in [4.78, 5) is 2.25. The fraction of sp³-hybridized carbons (Fsp3) is 0.200.